The summed E-state index contributed by atoms with van der Waals surface area (Å²) in [5, 5.41) is 15.0. The molecule has 11 heteroatoms. The van der Waals surface area contributed by atoms with Gasteiger partial charge in [0.1, 0.15) is 18.5 Å². The topological polar surface area (TPSA) is 127 Å². The van der Waals surface area contributed by atoms with Crippen molar-refractivity contribution in [2.45, 2.75) is 19.6 Å². The smallest absolute Gasteiger partial charge is 0.329 e. The number of imidazole rings is 1. The zero-order valence-electron chi connectivity index (χ0n) is 18.5. The van der Waals surface area contributed by atoms with Gasteiger partial charge in [0.15, 0.2) is 11.2 Å². The Morgan fingerprint density at radius 1 is 1.21 bits per heavy atom. The average molecular weight is 527 g/mol. The normalized spacial score (nSPS) is 12.6. The number of nitrogens with one attached hydrogen (secondary N) is 2. The van der Waals surface area contributed by atoms with Crippen molar-refractivity contribution in [1.29, 1.82) is 0 Å². The first kappa shape index (κ1) is 23.5. The Balaban J connectivity index is 1.65. The number of nitrogens with zero attached hydrogens (tertiary/aromatic N) is 4. The molecule has 2 aromatic carbocycles. The zero-order chi connectivity index (χ0) is 24.2. The molecule has 34 heavy (non-hydrogen) atoms. The van der Waals surface area contributed by atoms with Gasteiger partial charge in [-0.3, -0.25) is 14.3 Å². The minimum absolute atomic E-state index is 0.00597. The lowest BCUT2D eigenvalue weighted by Gasteiger charge is -2.15. The largest absolute Gasteiger partial charge is 0.491 e. The van der Waals surface area contributed by atoms with Gasteiger partial charge < -0.3 is 14.4 Å². The van der Waals surface area contributed by atoms with Crippen LogP contribution in [-0.2, 0) is 13.6 Å². The number of hydrazone groups is 1. The van der Waals surface area contributed by atoms with Gasteiger partial charge in [0, 0.05) is 11.5 Å². The van der Waals surface area contributed by atoms with Crippen molar-refractivity contribution < 1.29 is 9.84 Å². The molecule has 2 heterocycles. The molecule has 4 rings (SSSR count). The molecule has 3 N–H and O–H groups in total. The molecule has 0 fully saturated rings. The van der Waals surface area contributed by atoms with Crippen molar-refractivity contribution in [3.8, 4) is 5.75 Å². The van der Waals surface area contributed by atoms with Gasteiger partial charge in [-0.05, 0) is 36.8 Å². The number of benzene rings is 2. The molecular weight excluding hydrogens is 504 g/mol. The maximum atomic E-state index is 12.6. The number of fused-ring (bicyclic) bond motifs is 1. The Kier molecular flexibility index (Phi) is 6.94. The van der Waals surface area contributed by atoms with Crippen molar-refractivity contribution in [1.82, 2.24) is 19.1 Å². The van der Waals surface area contributed by atoms with Crippen molar-refractivity contribution in [3.05, 3.63) is 85.5 Å². The summed E-state index contributed by atoms with van der Waals surface area (Å²) in [6, 6.07) is 16.7. The maximum absolute atomic E-state index is 12.6. The van der Waals surface area contributed by atoms with Gasteiger partial charge in [-0.25, -0.2) is 10.2 Å². The lowest BCUT2D eigenvalue weighted by atomic mass is 10.1. The van der Waals surface area contributed by atoms with Crippen LogP contribution in [0.15, 0.2) is 73.8 Å². The third-order valence-corrected chi connectivity index (χ3v) is 5.70. The number of aromatic amines is 1. The second-order valence-electron chi connectivity index (χ2n) is 7.63. The molecule has 0 saturated heterocycles. The number of aryl methyl sites for hydroxylation is 1. The van der Waals surface area contributed by atoms with Crippen LogP contribution in [0.5, 0.6) is 5.75 Å². The van der Waals surface area contributed by atoms with E-state index in [2.05, 4.69) is 36.4 Å². The summed E-state index contributed by atoms with van der Waals surface area (Å²) in [4.78, 5) is 31.4. The quantitative estimate of drug-likeness (QED) is 0.239. The van der Waals surface area contributed by atoms with Crippen LogP contribution in [0.2, 0.25) is 0 Å². The van der Waals surface area contributed by atoms with E-state index in [9.17, 15) is 14.7 Å². The van der Waals surface area contributed by atoms with Crippen LogP contribution in [0, 0.1) is 0 Å². The van der Waals surface area contributed by atoms with E-state index in [0.717, 1.165) is 10.0 Å². The predicted molar refractivity (Wildman–Crippen MR) is 134 cm³/mol. The summed E-state index contributed by atoms with van der Waals surface area (Å²) in [6.07, 6.45) is -0.966. The summed E-state index contributed by atoms with van der Waals surface area (Å²) in [7, 11) is 1.51. The Labute approximate surface area is 202 Å². The number of aromatic nitrogens is 4. The van der Waals surface area contributed by atoms with E-state index in [0.29, 0.717) is 11.5 Å². The molecule has 0 radical (unpaired) electrons. The monoisotopic (exact) mass is 526 g/mol. The molecule has 0 spiro atoms. The standard InChI is InChI=1S/C23H23BrN6O4/c1-14(15-8-10-16(24)11-9-15)27-28-22-25-20-19(21(32)26-23(33)29(20)2)30(22)12-17(31)13-34-18-6-4-3-5-7-18/h3-11,17,31H,12-13H2,1-2H3,(H,25,28)(H,26,32,33)/b27-14+/t17-/m0/s1. The highest BCUT2D eigenvalue weighted by atomic mass is 79.9. The third-order valence-electron chi connectivity index (χ3n) is 5.17. The van der Waals surface area contributed by atoms with Gasteiger partial charge in [0.25, 0.3) is 5.56 Å². The van der Waals surface area contributed by atoms with Gasteiger partial charge >= 0.3 is 5.69 Å². The Morgan fingerprint density at radius 2 is 1.91 bits per heavy atom. The molecule has 0 amide bonds. The summed E-state index contributed by atoms with van der Waals surface area (Å²) in [6.45, 7) is 1.81. The minimum atomic E-state index is -0.966. The molecule has 0 aliphatic heterocycles. The number of H-pyrrole nitrogens is 1. The van der Waals surface area contributed by atoms with Crippen LogP contribution in [0.25, 0.3) is 11.2 Å². The molecule has 4 aromatic rings. The predicted octanol–water partition coefficient (Wildman–Crippen LogP) is 2.46. The molecule has 10 nitrogen and oxygen atoms in total. The number of rotatable bonds is 8. The van der Waals surface area contributed by atoms with E-state index in [1.807, 2.05) is 49.4 Å². The first-order valence-electron chi connectivity index (χ1n) is 10.4. The van der Waals surface area contributed by atoms with E-state index >= 15 is 0 Å². The Morgan fingerprint density at radius 3 is 2.62 bits per heavy atom. The summed E-state index contributed by atoms with van der Waals surface area (Å²) < 4.78 is 9.30. The second kappa shape index (κ2) is 10.1. The second-order valence-corrected chi connectivity index (χ2v) is 8.55. The lowest BCUT2D eigenvalue weighted by molar-refractivity contribution is 0.0938. The average Bonchev–Trinajstić information content (AvgIpc) is 3.19. The molecule has 0 saturated carbocycles. The maximum Gasteiger partial charge on any atom is 0.329 e. The molecule has 0 aliphatic rings. The highest BCUT2D eigenvalue weighted by Gasteiger charge is 2.20. The SMILES string of the molecule is C/C(=N\Nc1nc2c(c(=O)[nH]c(=O)n2C)n1C[C@H](O)COc1ccccc1)c1ccc(Br)cc1. The number of halogens is 1. The van der Waals surface area contributed by atoms with Gasteiger partial charge in [0.2, 0.25) is 5.95 Å². The number of ether oxygens (including phenoxy) is 1. The minimum Gasteiger partial charge on any atom is -0.491 e. The van der Waals surface area contributed by atoms with Crippen molar-refractivity contribution in [2.75, 3.05) is 12.0 Å². The van der Waals surface area contributed by atoms with E-state index in [4.69, 9.17) is 4.74 Å². The van der Waals surface area contributed by atoms with E-state index in [1.165, 1.54) is 16.2 Å². The molecule has 176 valence electrons. The number of aliphatic hydroxyl groups excluding tert-OH is 1. The summed E-state index contributed by atoms with van der Waals surface area (Å²) in [5.41, 5.74) is 3.56. The van der Waals surface area contributed by atoms with Crippen molar-refractivity contribution in [2.24, 2.45) is 12.1 Å². The fraction of sp³-hybridized carbons (Fsp3) is 0.217. The number of anilines is 1. The first-order valence-corrected chi connectivity index (χ1v) is 11.2. The zero-order valence-corrected chi connectivity index (χ0v) is 20.1. The van der Waals surface area contributed by atoms with Crippen LogP contribution >= 0.6 is 15.9 Å². The lowest BCUT2D eigenvalue weighted by Crippen LogP contribution is -2.30. The molecule has 1 atom stereocenters. The van der Waals surface area contributed by atoms with E-state index < -0.39 is 17.4 Å². The van der Waals surface area contributed by atoms with Crippen molar-refractivity contribution in [3.63, 3.8) is 0 Å². The Hall–Kier alpha value is -3.70. The van der Waals surface area contributed by atoms with E-state index in [1.54, 1.807) is 12.1 Å². The highest BCUT2D eigenvalue weighted by molar-refractivity contribution is 9.10. The number of hydrogen-bond acceptors (Lipinski definition) is 7. The number of aliphatic hydroxyl groups is 1. The van der Waals surface area contributed by atoms with Crippen LogP contribution in [-0.4, -0.2) is 42.6 Å². The molecule has 0 unspecified atom stereocenters. The van der Waals surface area contributed by atoms with Gasteiger partial charge in [-0.1, -0.05) is 46.3 Å². The van der Waals surface area contributed by atoms with E-state index in [-0.39, 0.29) is 30.3 Å². The fourth-order valence-corrected chi connectivity index (χ4v) is 3.62. The molecule has 0 bridgehead atoms. The Bertz CT molecular complexity index is 1440. The highest BCUT2D eigenvalue weighted by Crippen LogP contribution is 2.18. The number of hydrogen-bond donors (Lipinski definition) is 3. The molecular formula is C23H23BrN6O4. The summed E-state index contributed by atoms with van der Waals surface area (Å²) in [5.74, 6) is 0.822. The summed E-state index contributed by atoms with van der Waals surface area (Å²) >= 11 is 3.41. The number of para-hydroxylation sites is 1. The molecule has 2 aromatic heterocycles. The van der Waals surface area contributed by atoms with Crippen LogP contribution in [0.4, 0.5) is 5.95 Å². The third kappa shape index (κ3) is 5.10. The first-order chi connectivity index (χ1) is 16.3. The van der Waals surface area contributed by atoms with Crippen LogP contribution < -0.4 is 21.4 Å². The van der Waals surface area contributed by atoms with Crippen LogP contribution in [0.3, 0.4) is 0 Å². The van der Waals surface area contributed by atoms with Crippen molar-refractivity contribution >= 4 is 38.8 Å². The van der Waals surface area contributed by atoms with Gasteiger partial charge in [-0.2, -0.15) is 10.1 Å². The molecule has 0 aliphatic carbocycles. The fourth-order valence-electron chi connectivity index (χ4n) is 3.36. The van der Waals surface area contributed by atoms with Gasteiger partial charge in [-0.15, -0.1) is 0 Å². The van der Waals surface area contributed by atoms with Gasteiger partial charge in [0.05, 0.1) is 12.3 Å². The van der Waals surface area contributed by atoms with Crippen LogP contribution in [0.1, 0.15) is 12.5 Å².